The first-order valence-electron chi connectivity index (χ1n) is 12.0. The molecule has 0 aliphatic carbocycles. The van der Waals surface area contributed by atoms with E-state index in [2.05, 4.69) is 23.8 Å². The lowest BCUT2D eigenvalue weighted by atomic mass is 10.1. The number of rotatable bonds is 9. The van der Waals surface area contributed by atoms with Crippen molar-refractivity contribution >= 4 is 17.2 Å². The smallest absolute Gasteiger partial charge is 0.255 e. The van der Waals surface area contributed by atoms with E-state index in [0.29, 0.717) is 12.5 Å². The summed E-state index contributed by atoms with van der Waals surface area (Å²) >= 11 is 1.62. The molecule has 0 aliphatic heterocycles. The van der Waals surface area contributed by atoms with Crippen molar-refractivity contribution in [3.63, 3.8) is 0 Å². The van der Waals surface area contributed by atoms with Gasteiger partial charge >= 0.3 is 0 Å². The molecule has 0 atom stereocenters. The number of methoxy groups -OCH3 is 1. The maximum Gasteiger partial charge on any atom is 0.255 e. The van der Waals surface area contributed by atoms with Crippen molar-refractivity contribution in [2.45, 2.75) is 40.3 Å². The van der Waals surface area contributed by atoms with Gasteiger partial charge < -0.3 is 14.2 Å². The zero-order valence-electron chi connectivity index (χ0n) is 21.1. The second kappa shape index (κ2) is 10.9. The molecule has 2 aromatic heterocycles. The molecule has 182 valence electrons. The van der Waals surface area contributed by atoms with E-state index in [1.165, 1.54) is 0 Å². The van der Waals surface area contributed by atoms with E-state index < -0.39 is 0 Å². The van der Waals surface area contributed by atoms with Gasteiger partial charge in [0.1, 0.15) is 10.8 Å². The molecule has 0 spiro atoms. The topological polar surface area (TPSA) is 47.4 Å². The van der Waals surface area contributed by atoms with Crippen LogP contribution in [0.15, 0.2) is 66.0 Å². The molecule has 35 heavy (non-hydrogen) atoms. The van der Waals surface area contributed by atoms with Crippen LogP contribution in [0.5, 0.6) is 5.75 Å². The van der Waals surface area contributed by atoms with E-state index in [1.807, 2.05) is 74.6 Å². The van der Waals surface area contributed by atoms with Crippen LogP contribution >= 0.6 is 11.3 Å². The minimum atomic E-state index is 0.0292. The molecular formula is C29H33N3O2S. The summed E-state index contributed by atoms with van der Waals surface area (Å²) in [4.78, 5) is 20.2. The maximum atomic E-state index is 13.5. The zero-order chi connectivity index (χ0) is 24.9. The fourth-order valence-corrected chi connectivity index (χ4v) is 4.96. The number of benzene rings is 2. The van der Waals surface area contributed by atoms with Crippen molar-refractivity contribution in [1.82, 2.24) is 14.5 Å². The number of hydrogen-bond acceptors (Lipinski definition) is 4. The second-order valence-electron chi connectivity index (χ2n) is 9.28. The van der Waals surface area contributed by atoms with Gasteiger partial charge in [-0.05, 0) is 55.2 Å². The van der Waals surface area contributed by atoms with Crippen LogP contribution in [0.2, 0.25) is 0 Å². The summed E-state index contributed by atoms with van der Waals surface area (Å²) in [5.74, 6) is 1.42. The lowest BCUT2D eigenvalue weighted by Gasteiger charge is -2.18. The Balaban J connectivity index is 1.66. The first-order valence-corrected chi connectivity index (χ1v) is 12.8. The number of amides is 1. The number of carbonyl (C=O) groups is 1. The Morgan fingerprint density at radius 3 is 2.49 bits per heavy atom. The van der Waals surface area contributed by atoms with E-state index in [1.54, 1.807) is 23.3 Å². The van der Waals surface area contributed by atoms with Crippen molar-refractivity contribution in [3.05, 3.63) is 82.9 Å². The van der Waals surface area contributed by atoms with Gasteiger partial charge in [-0.2, -0.15) is 0 Å². The van der Waals surface area contributed by atoms with E-state index >= 15 is 0 Å². The highest BCUT2D eigenvalue weighted by atomic mass is 32.1. The van der Waals surface area contributed by atoms with Gasteiger partial charge in [0.2, 0.25) is 0 Å². The highest BCUT2D eigenvalue weighted by Gasteiger charge is 2.23. The van der Waals surface area contributed by atoms with Crippen LogP contribution in [0.1, 0.15) is 41.9 Å². The molecule has 0 radical (unpaired) electrons. The zero-order valence-corrected chi connectivity index (χ0v) is 21.9. The van der Waals surface area contributed by atoms with E-state index in [4.69, 9.17) is 9.72 Å². The van der Waals surface area contributed by atoms with Crippen molar-refractivity contribution in [2.75, 3.05) is 14.2 Å². The molecule has 0 saturated heterocycles. The average molecular weight is 488 g/mol. The van der Waals surface area contributed by atoms with Crippen LogP contribution in [-0.4, -0.2) is 34.5 Å². The van der Waals surface area contributed by atoms with Crippen LogP contribution in [0, 0.1) is 12.8 Å². The minimum Gasteiger partial charge on any atom is -0.497 e. The monoisotopic (exact) mass is 487 g/mol. The predicted octanol–water partition coefficient (Wildman–Crippen LogP) is 6.91. The third kappa shape index (κ3) is 5.65. The molecule has 0 saturated carbocycles. The molecule has 0 N–H and O–H groups in total. The Labute approximate surface area is 212 Å². The fraction of sp³-hybridized carbons (Fsp3) is 0.310. The van der Waals surface area contributed by atoms with Gasteiger partial charge in [-0.15, -0.1) is 11.3 Å². The number of aromatic nitrogens is 2. The van der Waals surface area contributed by atoms with Crippen LogP contribution in [0.3, 0.4) is 0 Å². The summed E-state index contributed by atoms with van der Waals surface area (Å²) in [7, 11) is 3.53. The highest BCUT2D eigenvalue weighted by molar-refractivity contribution is 7.13. The van der Waals surface area contributed by atoms with E-state index in [-0.39, 0.29) is 5.91 Å². The number of ether oxygens (including phenoxy) is 1. The molecule has 6 heteroatoms. The van der Waals surface area contributed by atoms with Crippen LogP contribution in [0.4, 0.5) is 0 Å². The summed E-state index contributed by atoms with van der Waals surface area (Å²) in [5, 5.41) is 3.04. The Morgan fingerprint density at radius 1 is 1.11 bits per heavy atom. The van der Waals surface area contributed by atoms with Gasteiger partial charge in [0, 0.05) is 36.8 Å². The Morgan fingerprint density at radius 2 is 1.83 bits per heavy atom. The van der Waals surface area contributed by atoms with Gasteiger partial charge in [0.25, 0.3) is 5.91 Å². The second-order valence-corrected chi connectivity index (χ2v) is 10.1. The SMILES string of the molecule is COc1ccc(-c2nc(-c3cc(C(=O)N(C)Cc4ccccc4)c(C)n3CCC(C)C)cs2)cc1. The third-order valence-corrected chi connectivity index (χ3v) is 7.13. The van der Waals surface area contributed by atoms with E-state index in [0.717, 1.165) is 57.5 Å². The van der Waals surface area contributed by atoms with Gasteiger partial charge in [-0.1, -0.05) is 44.2 Å². The first-order chi connectivity index (χ1) is 16.9. The molecule has 0 fully saturated rings. The van der Waals surface area contributed by atoms with E-state index in [9.17, 15) is 4.79 Å². The normalized spacial score (nSPS) is 11.1. The fourth-order valence-electron chi connectivity index (χ4n) is 4.14. The highest BCUT2D eigenvalue weighted by Crippen LogP contribution is 2.33. The summed E-state index contributed by atoms with van der Waals surface area (Å²) in [6.45, 7) is 7.92. The molecule has 4 aromatic rings. The van der Waals surface area contributed by atoms with Gasteiger partial charge in [-0.3, -0.25) is 4.79 Å². The van der Waals surface area contributed by atoms with Crippen molar-refractivity contribution < 1.29 is 9.53 Å². The molecule has 2 aromatic carbocycles. The lowest BCUT2D eigenvalue weighted by molar-refractivity contribution is 0.0784. The quantitative estimate of drug-likeness (QED) is 0.258. The molecule has 0 unspecified atom stereocenters. The van der Waals surface area contributed by atoms with Gasteiger partial charge in [0.15, 0.2) is 0 Å². The van der Waals surface area contributed by atoms with Crippen molar-refractivity contribution in [3.8, 4) is 27.7 Å². The van der Waals surface area contributed by atoms with Crippen molar-refractivity contribution in [1.29, 1.82) is 0 Å². The molecule has 2 heterocycles. The first kappa shape index (κ1) is 24.7. The minimum absolute atomic E-state index is 0.0292. The molecule has 4 rings (SSSR count). The van der Waals surface area contributed by atoms with Gasteiger partial charge in [-0.25, -0.2) is 4.98 Å². The number of thiazole rings is 1. The van der Waals surface area contributed by atoms with Crippen LogP contribution in [-0.2, 0) is 13.1 Å². The predicted molar refractivity (Wildman–Crippen MR) is 144 cm³/mol. The number of hydrogen-bond donors (Lipinski definition) is 0. The third-order valence-electron chi connectivity index (χ3n) is 6.24. The summed E-state index contributed by atoms with van der Waals surface area (Å²) in [5.41, 5.74) is 5.79. The molecular weight excluding hydrogens is 454 g/mol. The van der Waals surface area contributed by atoms with Crippen LogP contribution in [0.25, 0.3) is 22.0 Å². The molecule has 0 bridgehead atoms. The Hall–Kier alpha value is -3.38. The summed E-state index contributed by atoms with van der Waals surface area (Å²) in [6, 6.07) is 20.1. The summed E-state index contributed by atoms with van der Waals surface area (Å²) < 4.78 is 7.54. The standard InChI is InChI=1S/C29H33N3O2S/c1-20(2)15-16-32-21(3)25(29(33)31(4)18-22-9-7-6-8-10-22)17-27(32)26-19-35-28(30-26)23-11-13-24(34-5)14-12-23/h6-14,17,19-20H,15-16,18H2,1-5H3. The average Bonchev–Trinajstić information content (AvgIpc) is 3.47. The van der Waals surface area contributed by atoms with Crippen LogP contribution < -0.4 is 4.74 Å². The van der Waals surface area contributed by atoms with Crippen molar-refractivity contribution in [2.24, 2.45) is 5.92 Å². The molecule has 5 nitrogen and oxygen atoms in total. The Bertz CT molecular complexity index is 1270. The number of nitrogens with zero attached hydrogens (tertiary/aromatic N) is 3. The maximum absolute atomic E-state index is 13.5. The molecule has 1 amide bonds. The largest absolute Gasteiger partial charge is 0.497 e. The van der Waals surface area contributed by atoms with Gasteiger partial charge in [0.05, 0.1) is 24.1 Å². The molecule has 0 aliphatic rings. The Kier molecular flexibility index (Phi) is 7.71. The summed E-state index contributed by atoms with van der Waals surface area (Å²) in [6.07, 6.45) is 1.03. The lowest BCUT2D eigenvalue weighted by Crippen LogP contribution is -2.26. The number of carbonyl (C=O) groups excluding carboxylic acids is 1.